The molecule has 0 aliphatic rings. The lowest BCUT2D eigenvalue weighted by Gasteiger charge is -2.12. The number of rotatable bonds is 6. The molecule has 2 amide bonds. The molecule has 3 N–H and O–H groups in total. The van der Waals surface area contributed by atoms with Gasteiger partial charge < -0.3 is 20.8 Å². The molecule has 8 nitrogen and oxygen atoms in total. The van der Waals surface area contributed by atoms with Gasteiger partial charge in [0, 0.05) is 36.1 Å². The van der Waals surface area contributed by atoms with Crippen LogP contribution >= 0.6 is 0 Å². The maximum absolute atomic E-state index is 11.7. The number of benzene rings is 1. The standard InChI is InChI=1S/C19H19N5O3/c1-3-21-19(26)23-16-5-4-15(8-13(16)9-20)27-17-6-7-22-24-10-14(11-25)12(2)18(17)24/h4-11,20H,3H2,1-2H3,(H2,21,23,26). The molecule has 0 fully saturated rings. The fourth-order valence-corrected chi connectivity index (χ4v) is 2.73. The number of aromatic nitrogens is 2. The molecule has 27 heavy (non-hydrogen) atoms. The molecule has 2 heterocycles. The smallest absolute Gasteiger partial charge is 0.319 e. The number of anilines is 1. The quantitative estimate of drug-likeness (QED) is 0.459. The monoisotopic (exact) mass is 365 g/mol. The van der Waals surface area contributed by atoms with Gasteiger partial charge in [-0.15, -0.1) is 0 Å². The lowest BCUT2D eigenvalue weighted by atomic mass is 10.1. The SMILES string of the molecule is CCNC(=O)Nc1ccc(Oc2ccnn3cc(C=O)c(C)c23)cc1C=N. The Hall–Kier alpha value is -3.68. The Balaban J connectivity index is 1.93. The first-order valence-electron chi connectivity index (χ1n) is 8.36. The van der Waals surface area contributed by atoms with Crippen LogP contribution in [0.4, 0.5) is 10.5 Å². The second-order valence-electron chi connectivity index (χ2n) is 5.80. The molecule has 0 aliphatic carbocycles. The van der Waals surface area contributed by atoms with Crippen LogP contribution in [-0.2, 0) is 0 Å². The second-order valence-corrected chi connectivity index (χ2v) is 5.80. The molecule has 0 saturated heterocycles. The van der Waals surface area contributed by atoms with Crippen molar-refractivity contribution in [3.63, 3.8) is 0 Å². The van der Waals surface area contributed by atoms with E-state index in [0.29, 0.717) is 40.4 Å². The van der Waals surface area contributed by atoms with Crippen LogP contribution in [0.5, 0.6) is 11.5 Å². The minimum atomic E-state index is -0.338. The van der Waals surface area contributed by atoms with Crippen molar-refractivity contribution in [3.05, 3.63) is 53.3 Å². The second kappa shape index (κ2) is 7.69. The number of hydrogen-bond acceptors (Lipinski definition) is 5. The van der Waals surface area contributed by atoms with Gasteiger partial charge in [-0.2, -0.15) is 5.10 Å². The zero-order valence-corrected chi connectivity index (χ0v) is 14.9. The van der Waals surface area contributed by atoms with Crippen LogP contribution in [0.15, 0.2) is 36.7 Å². The summed E-state index contributed by atoms with van der Waals surface area (Å²) in [6.07, 6.45) is 5.15. The van der Waals surface area contributed by atoms with Gasteiger partial charge in [-0.1, -0.05) is 0 Å². The Morgan fingerprint density at radius 1 is 1.33 bits per heavy atom. The molecular weight excluding hydrogens is 346 g/mol. The highest BCUT2D eigenvalue weighted by atomic mass is 16.5. The first-order chi connectivity index (χ1) is 13.1. The van der Waals surface area contributed by atoms with Crippen LogP contribution in [0.25, 0.3) is 5.52 Å². The van der Waals surface area contributed by atoms with Crippen molar-refractivity contribution in [2.75, 3.05) is 11.9 Å². The van der Waals surface area contributed by atoms with Crippen molar-refractivity contribution in [1.29, 1.82) is 5.41 Å². The van der Waals surface area contributed by atoms with Gasteiger partial charge in [0.05, 0.1) is 11.9 Å². The van der Waals surface area contributed by atoms with E-state index >= 15 is 0 Å². The van der Waals surface area contributed by atoms with Gasteiger partial charge in [0.25, 0.3) is 0 Å². The summed E-state index contributed by atoms with van der Waals surface area (Å²) in [4.78, 5) is 22.9. The van der Waals surface area contributed by atoms with E-state index in [0.717, 1.165) is 18.1 Å². The van der Waals surface area contributed by atoms with Crippen LogP contribution < -0.4 is 15.4 Å². The number of aryl methyl sites for hydroxylation is 1. The van der Waals surface area contributed by atoms with Crippen molar-refractivity contribution < 1.29 is 14.3 Å². The maximum atomic E-state index is 11.7. The van der Waals surface area contributed by atoms with E-state index in [1.807, 2.05) is 13.8 Å². The lowest BCUT2D eigenvalue weighted by molar-refractivity contribution is 0.112. The lowest BCUT2D eigenvalue weighted by Crippen LogP contribution is -2.28. The van der Waals surface area contributed by atoms with Gasteiger partial charge in [0.15, 0.2) is 12.0 Å². The van der Waals surface area contributed by atoms with Crippen molar-refractivity contribution in [2.24, 2.45) is 0 Å². The molecule has 2 aromatic heterocycles. The van der Waals surface area contributed by atoms with Crippen LogP contribution in [0.2, 0.25) is 0 Å². The summed E-state index contributed by atoms with van der Waals surface area (Å²) in [5.74, 6) is 1.03. The molecule has 0 spiro atoms. The molecule has 138 valence electrons. The molecule has 1 aromatic carbocycles. The molecule has 8 heteroatoms. The van der Waals surface area contributed by atoms with E-state index in [9.17, 15) is 9.59 Å². The summed E-state index contributed by atoms with van der Waals surface area (Å²) < 4.78 is 7.57. The van der Waals surface area contributed by atoms with Gasteiger partial charge in [0.1, 0.15) is 11.3 Å². The largest absolute Gasteiger partial charge is 0.455 e. The summed E-state index contributed by atoms with van der Waals surface area (Å²) in [6.45, 7) is 4.16. The van der Waals surface area contributed by atoms with Crippen molar-refractivity contribution in [2.45, 2.75) is 13.8 Å². The summed E-state index contributed by atoms with van der Waals surface area (Å²) in [5.41, 5.74) is 3.02. The number of nitrogens with one attached hydrogen (secondary N) is 3. The summed E-state index contributed by atoms with van der Waals surface area (Å²) in [7, 11) is 0. The highest BCUT2D eigenvalue weighted by molar-refractivity contribution is 5.96. The van der Waals surface area contributed by atoms with Crippen molar-refractivity contribution >= 4 is 29.7 Å². The van der Waals surface area contributed by atoms with E-state index in [4.69, 9.17) is 10.1 Å². The Labute approximate surface area is 155 Å². The fourth-order valence-electron chi connectivity index (χ4n) is 2.73. The third-order valence-corrected chi connectivity index (χ3v) is 4.05. The first-order valence-corrected chi connectivity index (χ1v) is 8.36. The Kier molecular flexibility index (Phi) is 5.16. The van der Waals surface area contributed by atoms with Crippen LogP contribution in [0.1, 0.15) is 28.4 Å². The minimum Gasteiger partial charge on any atom is -0.455 e. The number of hydrogen-bond donors (Lipinski definition) is 3. The van der Waals surface area contributed by atoms with Gasteiger partial charge in [0.2, 0.25) is 0 Å². The molecule has 3 aromatic rings. The number of carbonyl (C=O) groups is 2. The van der Waals surface area contributed by atoms with Gasteiger partial charge in [-0.05, 0) is 37.6 Å². The predicted octanol–water partition coefficient (Wildman–Crippen LogP) is 3.39. The number of aldehydes is 1. The zero-order chi connectivity index (χ0) is 19.4. The van der Waals surface area contributed by atoms with Crippen LogP contribution in [0.3, 0.4) is 0 Å². The molecule has 0 radical (unpaired) electrons. The zero-order valence-electron chi connectivity index (χ0n) is 14.9. The predicted molar refractivity (Wildman–Crippen MR) is 102 cm³/mol. The van der Waals surface area contributed by atoms with Gasteiger partial charge in [-0.25, -0.2) is 9.31 Å². The van der Waals surface area contributed by atoms with Gasteiger partial charge in [-0.3, -0.25) is 4.79 Å². The third kappa shape index (κ3) is 3.64. The number of fused-ring (bicyclic) bond motifs is 1. The van der Waals surface area contributed by atoms with E-state index in [2.05, 4.69) is 15.7 Å². The minimum absolute atomic E-state index is 0.338. The molecule has 0 bridgehead atoms. The van der Waals surface area contributed by atoms with Crippen molar-refractivity contribution in [1.82, 2.24) is 14.9 Å². The highest BCUT2D eigenvalue weighted by Gasteiger charge is 2.13. The third-order valence-electron chi connectivity index (χ3n) is 4.05. The number of ether oxygens (including phenoxy) is 1. The number of nitrogens with zero attached hydrogens (tertiary/aromatic N) is 2. The fraction of sp³-hybridized carbons (Fsp3) is 0.158. The molecule has 0 unspecified atom stereocenters. The highest BCUT2D eigenvalue weighted by Crippen LogP contribution is 2.31. The van der Waals surface area contributed by atoms with Crippen LogP contribution in [0, 0.1) is 12.3 Å². The van der Waals surface area contributed by atoms with Crippen LogP contribution in [-0.4, -0.2) is 34.7 Å². The number of carbonyl (C=O) groups excluding carboxylic acids is 2. The summed E-state index contributed by atoms with van der Waals surface area (Å²) >= 11 is 0. The molecule has 0 saturated carbocycles. The molecule has 0 atom stereocenters. The maximum Gasteiger partial charge on any atom is 0.319 e. The topological polar surface area (TPSA) is 109 Å². The Bertz CT molecular complexity index is 1030. The molecule has 3 rings (SSSR count). The summed E-state index contributed by atoms with van der Waals surface area (Å²) in [6, 6.07) is 6.40. The molecular formula is C19H19N5O3. The Morgan fingerprint density at radius 2 is 2.15 bits per heavy atom. The Morgan fingerprint density at radius 3 is 2.85 bits per heavy atom. The number of amides is 2. The van der Waals surface area contributed by atoms with E-state index < -0.39 is 0 Å². The van der Waals surface area contributed by atoms with E-state index in [1.165, 1.54) is 0 Å². The average Bonchev–Trinajstić information content (AvgIpc) is 3.00. The average molecular weight is 365 g/mol. The first kappa shape index (κ1) is 18.1. The normalized spacial score (nSPS) is 10.4. The number of urea groups is 1. The molecule has 0 aliphatic heterocycles. The van der Waals surface area contributed by atoms with E-state index in [-0.39, 0.29) is 6.03 Å². The van der Waals surface area contributed by atoms with E-state index in [1.54, 1.807) is 41.2 Å². The summed E-state index contributed by atoms with van der Waals surface area (Å²) in [5, 5.41) is 17.1. The van der Waals surface area contributed by atoms with Crippen molar-refractivity contribution in [3.8, 4) is 11.5 Å². The van der Waals surface area contributed by atoms with Gasteiger partial charge >= 0.3 is 6.03 Å².